The van der Waals surface area contributed by atoms with Crippen molar-refractivity contribution in [1.82, 2.24) is 9.97 Å². The Hall–Kier alpha value is -3.59. The van der Waals surface area contributed by atoms with Gasteiger partial charge in [0.1, 0.15) is 11.6 Å². The molecule has 9 heteroatoms. The Bertz CT molecular complexity index is 1390. The van der Waals surface area contributed by atoms with Gasteiger partial charge in [-0.15, -0.1) is 0 Å². The molecular formula is C22H15F3N2O3S. The molecule has 1 heterocycles. The van der Waals surface area contributed by atoms with E-state index in [4.69, 9.17) is 0 Å². The van der Waals surface area contributed by atoms with Crippen LogP contribution in [0, 0.1) is 0 Å². The van der Waals surface area contributed by atoms with Crippen molar-refractivity contribution < 1.29 is 26.7 Å². The third kappa shape index (κ3) is 4.04. The summed E-state index contributed by atoms with van der Waals surface area (Å²) >= 11 is 0. The third-order valence-electron chi connectivity index (χ3n) is 4.65. The predicted octanol–water partition coefficient (Wildman–Crippen LogP) is 5.40. The molecule has 0 saturated carbocycles. The van der Waals surface area contributed by atoms with E-state index in [0.29, 0.717) is 22.5 Å². The smallest absolute Gasteiger partial charge is 0.501 e. The summed E-state index contributed by atoms with van der Waals surface area (Å²) in [4.78, 5) is 6.77. The first-order valence-corrected chi connectivity index (χ1v) is 10.5. The van der Waals surface area contributed by atoms with Crippen LogP contribution in [0.1, 0.15) is 11.4 Å². The van der Waals surface area contributed by atoms with Gasteiger partial charge in [-0.3, -0.25) is 0 Å². The largest absolute Gasteiger partial charge is 0.507 e. The molecule has 5 nitrogen and oxygen atoms in total. The maximum Gasteiger partial charge on any atom is 0.501 e. The number of aromatic nitrogens is 2. The maximum atomic E-state index is 12.6. The lowest BCUT2D eigenvalue weighted by atomic mass is 10.0. The third-order valence-corrected chi connectivity index (χ3v) is 6.15. The van der Waals surface area contributed by atoms with E-state index in [1.807, 2.05) is 24.3 Å². The quantitative estimate of drug-likeness (QED) is 0.442. The number of aromatic amines is 1. The number of hydrogen-bond acceptors (Lipinski definition) is 4. The first kappa shape index (κ1) is 20.7. The Morgan fingerprint density at radius 2 is 1.65 bits per heavy atom. The highest BCUT2D eigenvalue weighted by atomic mass is 32.2. The van der Waals surface area contributed by atoms with Crippen molar-refractivity contribution in [1.29, 1.82) is 0 Å². The van der Waals surface area contributed by atoms with Crippen LogP contribution in [0.25, 0.3) is 34.3 Å². The van der Waals surface area contributed by atoms with Crippen LogP contribution in [0.15, 0.2) is 71.6 Å². The second-order valence-corrected chi connectivity index (χ2v) is 8.66. The van der Waals surface area contributed by atoms with Crippen molar-refractivity contribution in [3.63, 3.8) is 0 Å². The molecule has 0 radical (unpaired) electrons. The Kier molecular flexibility index (Phi) is 5.06. The van der Waals surface area contributed by atoms with Gasteiger partial charge in [0.15, 0.2) is 0 Å². The number of H-pyrrole nitrogens is 1. The molecule has 0 aliphatic rings. The highest BCUT2D eigenvalue weighted by Gasteiger charge is 2.46. The molecule has 3 aromatic carbocycles. The van der Waals surface area contributed by atoms with Crippen molar-refractivity contribution in [2.24, 2.45) is 0 Å². The van der Waals surface area contributed by atoms with Crippen LogP contribution in [0.3, 0.4) is 0 Å². The molecule has 0 atom stereocenters. The number of phenolic OH excluding ortho intramolecular Hbond substituents is 1. The number of hydrogen-bond donors (Lipinski definition) is 2. The number of imidazole rings is 1. The molecule has 0 saturated heterocycles. The highest BCUT2D eigenvalue weighted by Crippen LogP contribution is 2.31. The number of nitrogens with one attached hydrogen (secondary N) is 1. The van der Waals surface area contributed by atoms with E-state index in [9.17, 15) is 26.7 Å². The molecule has 0 amide bonds. The Labute approximate surface area is 175 Å². The van der Waals surface area contributed by atoms with Gasteiger partial charge in [-0.1, -0.05) is 42.5 Å². The number of phenols is 1. The van der Waals surface area contributed by atoms with Gasteiger partial charge in [0, 0.05) is 5.56 Å². The predicted molar refractivity (Wildman–Crippen MR) is 112 cm³/mol. The van der Waals surface area contributed by atoms with Crippen LogP contribution in [0.5, 0.6) is 5.75 Å². The minimum absolute atomic E-state index is 0.161. The average molecular weight is 444 g/mol. The first-order chi connectivity index (χ1) is 14.6. The second-order valence-electron chi connectivity index (χ2n) is 6.72. The monoisotopic (exact) mass is 444 g/mol. The molecule has 31 heavy (non-hydrogen) atoms. The summed E-state index contributed by atoms with van der Waals surface area (Å²) in [7, 11) is -5.37. The lowest BCUT2D eigenvalue weighted by molar-refractivity contribution is -0.0436. The number of rotatable bonds is 4. The van der Waals surface area contributed by atoms with E-state index in [1.165, 1.54) is 12.1 Å². The molecule has 0 unspecified atom stereocenters. The van der Waals surface area contributed by atoms with Crippen LogP contribution in [0.4, 0.5) is 13.2 Å². The van der Waals surface area contributed by atoms with Gasteiger partial charge in [0.2, 0.25) is 0 Å². The summed E-state index contributed by atoms with van der Waals surface area (Å²) < 4.78 is 60.7. The normalized spacial score (nSPS) is 12.6. The highest BCUT2D eigenvalue weighted by molar-refractivity contribution is 7.92. The molecule has 0 bridgehead atoms. The Morgan fingerprint density at radius 1 is 0.935 bits per heavy atom. The van der Waals surface area contributed by atoms with Crippen molar-refractivity contribution >= 4 is 33.0 Å². The molecule has 2 N–H and O–H groups in total. The molecule has 0 spiro atoms. The van der Waals surface area contributed by atoms with Crippen LogP contribution >= 0.6 is 0 Å². The van der Waals surface area contributed by atoms with E-state index in [2.05, 4.69) is 9.97 Å². The molecule has 158 valence electrons. The van der Waals surface area contributed by atoms with Gasteiger partial charge >= 0.3 is 5.51 Å². The van der Waals surface area contributed by atoms with Crippen LogP contribution in [-0.4, -0.2) is 29.0 Å². The summed E-state index contributed by atoms with van der Waals surface area (Å²) in [6.07, 6.45) is 3.23. The fourth-order valence-corrected chi connectivity index (χ4v) is 3.82. The minimum atomic E-state index is -5.37. The number of nitrogens with zero attached hydrogens (tertiary/aromatic N) is 1. The number of benzene rings is 3. The molecular weight excluding hydrogens is 429 g/mol. The first-order valence-electron chi connectivity index (χ1n) is 9.03. The number of halogens is 3. The Morgan fingerprint density at radius 3 is 2.32 bits per heavy atom. The van der Waals surface area contributed by atoms with E-state index in [1.54, 1.807) is 30.4 Å². The zero-order valence-electron chi connectivity index (χ0n) is 15.8. The zero-order valence-corrected chi connectivity index (χ0v) is 16.6. The fourth-order valence-electron chi connectivity index (χ4n) is 3.06. The topological polar surface area (TPSA) is 83.1 Å². The van der Waals surface area contributed by atoms with Crippen LogP contribution in [0.2, 0.25) is 0 Å². The average Bonchev–Trinajstić information content (AvgIpc) is 3.14. The van der Waals surface area contributed by atoms with E-state index in [0.717, 1.165) is 23.2 Å². The summed E-state index contributed by atoms with van der Waals surface area (Å²) in [6, 6.07) is 16.9. The van der Waals surface area contributed by atoms with Gasteiger partial charge in [-0.25, -0.2) is 13.4 Å². The van der Waals surface area contributed by atoms with Gasteiger partial charge in [-0.2, -0.15) is 13.2 Å². The van der Waals surface area contributed by atoms with Gasteiger partial charge in [-0.05, 0) is 47.5 Å². The molecule has 4 rings (SSSR count). The van der Waals surface area contributed by atoms with Crippen molar-refractivity contribution in [3.8, 4) is 16.9 Å². The van der Waals surface area contributed by atoms with E-state index >= 15 is 0 Å². The lowest BCUT2D eigenvalue weighted by Gasteiger charge is -2.07. The molecule has 0 aliphatic carbocycles. The summed E-state index contributed by atoms with van der Waals surface area (Å²) in [5, 5.41) is 10.0. The maximum absolute atomic E-state index is 12.6. The van der Waals surface area contributed by atoms with Gasteiger partial charge in [0.05, 0.1) is 15.9 Å². The summed E-state index contributed by atoms with van der Waals surface area (Å²) in [5.74, 6) is 0.671. The SMILES string of the molecule is O=S(=O)(c1ccc(/C=C/c2nc3cc(-c4ccccc4O)ccc3[nH]2)cc1)C(F)(F)F. The number of para-hydroxylation sites is 1. The summed E-state index contributed by atoms with van der Waals surface area (Å²) in [6.45, 7) is 0. The molecule has 0 aliphatic heterocycles. The van der Waals surface area contributed by atoms with Crippen LogP contribution < -0.4 is 0 Å². The standard InChI is InChI=1S/C22H15F3N2O3S/c23-22(24,25)31(29,30)16-9-5-14(6-10-16)7-12-21-26-18-11-8-15(13-19(18)27-21)17-3-1-2-4-20(17)28/h1-13,28H,(H,26,27)/b12-7+. The molecule has 1 aromatic heterocycles. The number of sulfone groups is 1. The zero-order chi connectivity index (χ0) is 22.2. The van der Waals surface area contributed by atoms with Crippen molar-refractivity contribution in [2.45, 2.75) is 10.4 Å². The number of aromatic hydroxyl groups is 1. The van der Waals surface area contributed by atoms with Gasteiger partial charge in [0.25, 0.3) is 9.84 Å². The number of fused-ring (bicyclic) bond motifs is 1. The van der Waals surface area contributed by atoms with E-state index < -0.39 is 20.2 Å². The van der Waals surface area contributed by atoms with Crippen molar-refractivity contribution in [2.75, 3.05) is 0 Å². The van der Waals surface area contributed by atoms with Crippen molar-refractivity contribution in [3.05, 3.63) is 78.1 Å². The Balaban J connectivity index is 1.58. The minimum Gasteiger partial charge on any atom is -0.507 e. The van der Waals surface area contributed by atoms with Crippen LogP contribution in [-0.2, 0) is 9.84 Å². The molecule has 0 fully saturated rings. The second kappa shape index (κ2) is 7.59. The number of alkyl halides is 3. The lowest BCUT2D eigenvalue weighted by Crippen LogP contribution is -2.23. The van der Waals surface area contributed by atoms with Gasteiger partial charge < -0.3 is 10.1 Å². The molecule has 4 aromatic rings. The summed E-state index contributed by atoms with van der Waals surface area (Å²) in [5.41, 5.74) is -1.91. The fraction of sp³-hybridized carbons (Fsp3) is 0.0455. The van der Waals surface area contributed by atoms with E-state index in [-0.39, 0.29) is 5.75 Å².